The first-order valence-corrected chi connectivity index (χ1v) is 16.7. The van der Waals surface area contributed by atoms with Crippen LogP contribution >= 0.6 is 11.3 Å². The van der Waals surface area contributed by atoms with E-state index in [1.165, 1.54) is 63.6 Å². The van der Waals surface area contributed by atoms with Gasteiger partial charge in [0.05, 0.1) is 22.1 Å². The molecule has 1 aliphatic carbocycles. The number of benzene rings is 7. The molecule has 5 heteroatoms. The zero-order valence-corrected chi connectivity index (χ0v) is 25.6. The lowest BCUT2D eigenvalue weighted by atomic mass is 9.95. The summed E-state index contributed by atoms with van der Waals surface area (Å²) in [6.07, 6.45) is 0. The van der Waals surface area contributed by atoms with Crippen LogP contribution in [0.3, 0.4) is 0 Å². The maximum atomic E-state index is 6.53. The van der Waals surface area contributed by atoms with Crippen molar-refractivity contribution < 1.29 is 4.42 Å². The van der Waals surface area contributed by atoms with E-state index in [4.69, 9.17) is 14.4 Å². The van der Waals surface area contributed by atoms with E-state index in [1.54, 1.807) is 0 Å². The lowest BCUT2D eigenvalue weighted by Gasteiger charge is -2.15. The highest BCUT2D eigenvalue weighted by Crippen LogP contribution is 2.51. The molecule has 0 atom stereocenters. The first-order chi connectivity index (χ1) is 23.3. The third-order valence-electron chi connectivity index (χ3n) is 10.1. The van der Waals surface area contributed by atoms with Gasteiger partial charge in [-0.1, -0.05) is 78.9 Å². The summed E-state index contributed by atoms with van der Waals surface area (Å²) in [6.45, 7) is 0. The summed E-state index contributed by atoms with van der Waals surface area (Å²) in [4.78, 5) is 10.9. The fraction of sp³-hybridized carbons (Fsp3) is 0. The van der Waals surface area contributed by atoms with Gasteiger partial charge in [-0.05, 0) is 70.4 Å². The van der Waals surface area contributed by atoms with E-state index >= 15 is 0 Å². The first kappa shape index (κ1) is 24.2. The fourth-order valence-electron chi connectivity index (χ4n) is 8.25. The minimum atomic E-state index is 0.830. The minimum absolute atomic E-state index is 0.830. The number of thiophene rings is 1. The molecule has 0 unspecified atom stereocenters. The molecule has 12 rings (SSSR count). The molecule has 47 heavy (non-hydrogen) atoms. The van der Waals surface area contributed by atoms with Crippen LogP contribution in [0.1, 0.15) is 0 Å². The summed E-state index contributed by atoms with van der Waals surface area (Å²) in [5.41, 5.74) is 10.2. The SMILES string of the molecule is c1cc2c3c(c1)ccc1c3c3c4c(ccc3n1-c1nc3ccccc3nc1-c1cccc3sc5ccccc5c13)oc1cccc-2c14. The Balaban J connectivity index is 1.33. The summed E-state index contributed by atoms with van der Waals surface area (Å²) in [7, 11) is 0. The average molecular weight is 616 g/mol. The number of hydrogen-bond acceptors (Lipinski definition) is 4. The quantitative estimate of drug-likeness (QED) is 0.194. The van der Waals surface area contributed by atoms with Gasteiger partial charge in [0, 0.05) is 47.3 Å². The predicted molar refractivity (Wildman–Crippen MR) is 196 cm³/mol. The minimum Gasteiger partial charge on any atom is -0.456 e. The molecule has 0 N–H and O–H groups in total. The number of rotatable bonds is 2. The second kappa shape index (κ2) is 8.40. The molecule has 216 valence electrons. The Kier molecular flexibility index (Phi) is 4.33. The molecule has 0 saturated carbocycles. The van der Waals surface area contributed by atoms with Gasteiger partial charge in [-0.25, -0.2) is 9.97 Å². The topological polar surface area (TPSA) is 43.9 Å². The number of hydrogen-bond donors (Lipinski definition) is 0. The highest BCUT2D eigenvalue weighted by atomic mass is 32.1. The molecule has 0 aliphatic heterocycles. The molecular weight excluding hydrogens is 595 g/mol. The second-order valence-electron chi connectivity index (χ2n) is 12.5. The third-order valence-corrected chi connectivity index (χ3v) is 11.2. The Hall–Kier alpha value is -6.04. The number of aromatic nitrogens is 3. The lowest BCUT2D eigenvalue weighted by molar-refractivity contribution is 0.669. The van der Waals surface area contributed by atoms with E-state index in [0.717, 1.165) is 50.3 Å². The van der Waals surface area contributed by atoms with Crippen LogP contribution in [0.15, 0.2) is 132 Å². The molecule has 7 aromatic carbocycles. The molecule has 0 amide bonds. The van der Waals surface area contributed by atoms with E-state index in [1.807, 2.05) is 23.5 Å². The maximum Gasteiger partial charge on any atom is 0.165 e. The normalized spacial score (nSPS) is 12.7. The monoisotopic (exact) mass is 615 g/mol. The standard InChI is InChI=1S/C42H21N3OS/c1-4-16-33-25(9-1)36-26(12-7-17-34(36)47-33)41-42(44-28-14-3-2-13-27(28)43-41)45-29-19-18-22-8-5-10-23-24-11-6-15-31-37(24)40-32(46-31)21-20-30(45)39(40)38(29)35(22)23/h1-21H. The Morgan fingerprint density at radius 2 is 1.15 bits per heavy atom. The number of nitrogens with zero attached hydrogens (tertiary/aromatic N) is 3. The molecule has 0 fully saturated rings. The third kappa shape index (κ3) is 2.94. The summed E-state index contributed by atoms with van der Waals surface area (Å²) >= 11 is 1.83. The Labute approximate surface area is 270 Å². The average Bonchev–Trinajstić information content (AvgIpc) is 3.77. The lowest BCUT2D eigenvalue weighted by Crippen LogP contribution is -2.04. The molecular formula is C42H21N3OS. The molecule has 1 aliphatic rings. The van der Waals surface area contributed by atoms with Crippen molar-refractivity contribution in [1.82, 2.24) is 14.5 Å². The summed E-state index contributed by atoms with van der Waals surface area (Å²) in [5, 5.41) is 9.75. The predicted octanol–water partition coefficient (Wildman–Crippen LogP) is 11.8. The van der Waals surface area contributed by atoms with Crippen LogP contribution in [0.2, 0.25) is 0 Å². The van der Waals surface area contributed by atoms with E-state index in [0.29, 0.717) is 0 Å². The highest BCUT2D eigenvalue weighted by molar-refractivity contribution is 7.25. The van der Waals surface area contributed by atoms with Crippen molar-refractivity contribution in [2.45, 2.75) is 0 Å². The zero-order valence-electron chi connectivity index (χ0n) is 24.8. The van der Waals surface area contributed by atoms with Crippen molar-refractivity contribution in [3.63, 3.8) is 0 Å². The van der Waals surface area contributed by atoms with Crippen molar-refractivity contribution in [2.75, 3.05) is 0 Å². The Bertz CT molecular complexity index is 3200. The molecule has 4 nitrogen and oxygen atoms in total. The van der Waals surface area contributed by atoms with Crippen molar-refractivity contribution in [1.29, 1.82) is 0 Å². The summed E-state index contributed by atoms with van der Waals surface area (Å²) in [5.74, 6) is 0.830. The van der Waals surface area contributed by atoms with Gasteiger partial charge in [0.1, 0.15) is 16.9 Å². The van der Waals surface area contributed by atoms with Crippen LogP contribution in [0.5, 0.6) is 0 Å². The van der Waals surface area contributed by atoms with Crippen LogP contribution in [0.4, 0.5) is 0 Å². The Morgan fingerprint density at radius 1 is 0.468 bits per heavy atom. The van der Waals surface area contributed by atoms with Gasteiger partial charge in [-0.3, -0.25) is 4.57 Å². The molecule has 0 radical (unpaired) electrons. The molecule has 0 spiro atoms. The molecule has 4 aromatic heterocycles. The van der Waals surface area contributed by atoms with Gasteiger partial charge in [0.15, 0.2) is 5.82 Å². The molecule has 4 heterocycles. The van der Waals surface area contributed by atoms with Crippen LogP contribution < -0.4 is 0 Å². The van der Waals surface area contributed by atoms with Gasteiger partial charge in [-0.2, -0.15) is 0 Å². The van der Waals surface area contributed by atoms with E-state index < -0.39 is 0 Å². The Morgan fingerprint density at radius 3 is 2.06 bits per heavy atom. The molecule has 0 saturated heterocycles. The van der Waals surface area contributed by atoms with Crippen LogP contribution in [0, 0.1) is 0 Å². The van der Waals surface area contributed by atoms with Gasteiger partial charge in [0.25, 0.3) is 0 Å². The van der Waals surface area contributed by atoms with E-state index in [-0.39, 0.29) is 0 Å². The van der Waals surface area contributed by atoms with E-state index in [9.17, 15) is 0 Å². The van der Waals surface area contributed by atoms with Gasteiger partial charge in [-0.15, -0.1) is 11.3 Å². The number of furan rings is 1. The van der Waals surface area contributed by atoms with Crippen LogP contribution in [0.25, 0.3) is 114 Å². The van der Waals surface area contributed by atoms with Gasteiger partial charge >= 0.3 is 0 Å². The maximum absolute atomic E-state index is 6.53. The number of para-hydroxylation sites is 2. The summed E-state index contributed by atoms with van der Waals surface area (Å²) < 4.78 is 11.4. The second-order valence-corrected chi connectivity index (χ2v) is 13.6. The smallest absolute Gasteiger partial charge is 0.165 e. The fourth-order valence-corrected chi connectivity index (χ4v) is 9.38. The highest BCUT2D eigenvalue weighted by Gasteiger charge is 2.28. The molecule has 0 bridgehead atoms. The van der Waals surface area contributed by atoms with Crippen molar-refractivity contribution >= 4 is 97.1 Å². The summed E-state index contributed by atoms with van der Waals surface area (Å²) in [6, 6.07) is 45.4. The van der Waals surface area contributed by atoms with Crippen molar-refractivity contribution in [3.8, 4) is 28.2 Å². The van der Waals surface area contributed by atoms with Crippen molar-refractivity contribution in [2.24, 2.45) is 0 Å². The van der Waals surface area contributed by atoms with Gasteiger partial charge in [0.2, 0.25) is 0 Å². The molecule has 11 aromatic rings. The number of fused-ring (bicyclic) bond motifs is 5. The van der Waals surface area contributed by atoms with Crippen LogP contribution in [-0.2, 0) is 0 Å². The van der Waals surface area contributed by atoms with Gasteiger partial charge < -0.3 is 4.42 Å². The van der Waals surface area contributed by atoms with Crippen LogP contribution in [-0.4, -0.2) is 14.5 Å². The zero-order chi connectivity index (χ0) is 30.4. The van der Waals surface area contributed by atoms with E-state index in [2.05, 4.69) is 120 Å². The van der Waals surface area contributed by atoms with Crippen molar-refractivity contribution in [3.05, 3.63) is 127 Å². The first-order valence-electron chi connectivity index (χ1n) is 15.8. The largest absolute Gasteiger partial charge is 0.456 e.